The second-order valence-electron chi connectivity index (χ2n) is 7.62. The molecule has 6 nitrogen and oxygen atoms in total. The fraction of sp³-hybridized carbons (Fsp3) is 0.222. The van der Waals surface area contributed by atoms with E-state index in [1.54, 1.807) is 12.1 Å². The summed E-state index contributed by atoms with van der Waals surface area (Å²) in [6.07, 6.45) is 0.636. The summed E-state index contributed by atoms with van der Waals surface area (Å²) in [5.74, 6) is 0.205. The van der Waals surface area contributed by atoms with Crippen molar-refractivity contribution in [1.82, 2.24) is 9.97 Å². The smallest absolute Gasteiger partial charge is 0.339 e. The van der Waals surface area contributed by atoms with E-state index in [0.29, 0.717) is 43.3 Å². The van der Waals surface area contributed by atoms with Gasteiger partial charge in [-0.05, 0) is 54.8 Å². The molecule has 0 N–H and O–H groups in total. The van der Waals surface area contributed by atoms with E-state index in [2.05, 4.69) is 9.97 Å². The zero-order chi connectivity index (χ0) is 23.8. The minimum atomic E-state index is -0.754. The first-order chi connectivity index (χ1) is 16.7. The molecule has 0 radical (unpaired) electrons. The minimum Gasteiger partial charge on any atom is -0.477 e. The van der Waals surface area contributed by atoms with E-state index in [4.69, 9.17) is 14.2 Å². The molecule has 3 aromatic carbocycles. The summed E-state index contributed by atoms with van der Waals surface area (Å²) in [5.41, 5.74) is 2.21. The van der Waals surface area contributed by atoms with E-state index in [-0.39, 0.29) is 5.82 Å². The van der Waals surface area contributed by atoms with E-state index in [1.165, 1.54) is 19.2 Å². The summed E-state index contributed by atoms with van der Waals surface area (Å²) in [7, 11) is 1.35. The molecule has 7 heteroatoms. The standard InChI is InChI=1S/C27H25FN2O4/c1-32-27(31)24(19-9-3-2-4-10-19)33-17-7-8-18-34-26-22-11-5-6-12-23(22)29-25(30-26)20-13-15-21(28)16-14-20/h2-6,9-16,24H,7-8,17-18H2,1H3. The number of esters is 1. The molecule has 0 aliphatic heterocycles. The second-order valence-corrected chi connectivity index (χ2v) is 7.62. The molecule has 0 aliphatic carbocycles. The van der Waals surface area contributed by atoms with Gasteiger partial charge < -0.3 is 14.2 Å². The van der Waals surface area contributed by atoms with Crippen LogP contribution in [-0.2, 0) is 14.3 Å². The average molecular weight is 461 g/mol. The van der Waals surface area contributed by atoms with Crippen molar-refractivity contribution in [3.63, 3.8) is 0 Å². The van der Waals surface area contributed by atoms with Gasteiger partial charge in [0.25, 0.3) is 0 Å². The van der Waals surface area contributed by atoms with Gasteiger partial charge in [-0.25, -0.2) is 14.2 Å². The molecule has 0 aliphatic rings. The van der Waals surface area contributed by atoms with Crippen molar-refractivity contribution >= 4 is 16.9 Å². The third-order valence-electron chi connectivity index (χ3n) is 5.25. The Balaban J connectivity index is 1.37. The molecule has 1 atom stereocenters. The monoisotopic (exact) mass is 460 g/mol. The number of para-hydroxylation sites is 1. The highest BCUT2D eigenvalue weighted by molar-refractivity contribution is 5.85. The normalized spacial score (nSPS) is 11.8. The van der Waals surface area contributed by atoms with Gasteiger partial charge in [-0.1, -0.05) is 42.5 Å². The number of rotatable bonds is 10. The zero-order valence-corrected chi connectivity index (χ0v) is 18.8. The van der Waals surface area contributed by atoms with Crippen molar-refractivity contribution in [1.29, 1.82) is 0 Å². The highest BCUT2D eigenvalue weighted by Crippen LogP contribution is 2.27. The van der Waals surface area contributed by atoms with Crippen LogP contribution < -0.4 is 4.74 Å². The van der Waals surface area contributed by atoms with E-state index < -0.39 is 12.1 Å². The molecule has 34 heavy (non-hydrogen) atoms. The second kappa shape index (κ2) is 11.3. The number of benzene rings is 3. The predicted molar refractivity (Wildman–Crippen MR) is 127 cm³/mol. The number of fused-ring (bicyclic) bond motifs is 1. The van der Waals surface area contributed by atoms with Crippen molar-refractivity contribution in [3.05, 3.63) is 90.2 Å². The molecule has 4 aromatic rings. The Morgan fingerprint density at radius 3 is 2.35 bits per heavy atom. The Kier molecular flexibility index (Phi) is 7.78. The number of methoxy groups -OCH3 is 1. The fourth-order valence-electron chi connectivity index (χ4n) is 3.49. The third-order valence-corrected chi connectivity index (χ3v) is 5.25. The lowest BCUT2D eigenvalue weighted by Crippen LogP contribution is -2.18. The number of hydrogen-bond acceptors (Lipinski definition) is 6. The van der Waals surface area contributed by atoms with Crippen molar-refractivity contribution in [2.45, 2.75) is 18.9 Å². The lowest BCUT2D eigenvalue weighted by atomic mass is 10.1. The fourth-order valence-corrected chi connectivity index (χ4v) is 3.49. The molecule has 0 saturated heterocycles. The minimum absolute atomic E-state index is 0.315. The molecule has 1 aromatic heterocycles. The van der Waals surface area contributed by atoms with Gasteiger partial charge >= 0.3 is 5.97 Å². The zero-order valence-electron chi connectivity index (χ0n) is 18.8. The van der Waals surface area contributed by atoms with Crippen molar-refractivity contribution in [2.24, 2.45) is 0 Å². The van der Waals surface area contributed by atoms with Gasteiger partial charge in [0.1, 0.15) is 5.82 Å². The van der Waals surface area contributed by atoms with Crippen LogP contribution in [0.2, 0.25) is 0 Å². The molecule has 0 saturated carbocycles. The Labute approximate surface area is 197 Å². The molecular formula is C27H25FN2O4. The van der Waals surface area contributed by atoms with Crippen LogP contribution in [0.4, 0.5) is 4.39 Å². The van der Waals surface area contributed by atoms with E-state index in [9.17, 15) is 9.18 Å². The van der Waals surface area contributed by atoms with Crippen LogP contribution in [0.1, 0.15) is 24.5 Å². The molecule has 0 bridgehead atoms. The van der Waals surface area contributed by atoms with Crippen LogP contribution in [0.3, 0.4) is 0 Å². The molecule has 1 heterocycles. The summed E-state index contributed by atoms with van der Waals surface area (Å²) in [4.78, 5) is 21.3. The Hall–Kier alpha value is -3.84. The highest BCUT2D eigenvalue weighted by atomic mass is 19.1. The first-order valence-electron chi connectivity index (χ1n) is 11.1. The number of carbonyl (C=O) groups is 1. The topological polar surface area (TPSA) is 70.5 Å². The maximum Gasteiger partial charge on any atom is 0.339 e. The van der Waals surface area contributed by atoms with Gasteiger partial charge in [-0.3, -0.25) is 0 Å². The summed E-state index contributed by atoms with van der Waals surface area (Å²) < 4.78 is 30.0. The Bertz CT molecular complexity index is 1230. The molecule has 0 amide bonds. The summed E-state index contributed by atoms with van der Waals surface area (Å²) >= 11 is 0. The number of nitrogens with zero attached hydrogens (tertiary/aromatic N) is 2. The van der Waals surface area contributed by atoms with Crippen LogP contribution >= 0.6 is 0 Å². The van der Waals surface area contributed by atoms with Gasteiger partial charge in [-0.15, -0.1) is 0 Å². The van der Waals surface area contributed by atoms with Crippen LogP contribution in [0.25, 0.3) is 22.3 Å². The Morgan fingerprint density at radius 1 is 0.882 bits per heavy atom. The van der Waals surface area contributed by atoms with Crippen molar-refractivity contribution in [3.8, 4) is 17.3 Å². The number of hydrogen-bond donors (Lipinski definition) is 0. The molecule has 4 rings (SSSR count). The first-order valence-corrected chi connectivity index (χ1v) is 11.1. The number of ether oxygens (including phenoxy) is 3. The van der Waals surface area contributed by atoms with Gasteiger partial charge in [0.2, 0.25) is 5.88 Å². The SMILES string of the molecule is COC(=O)C(OCCCCOc1nc(-c2ccc(F)cc2)nc2ccccc12)c1ccccc1. The van der Waals surface area contributed by atoms with Crippen LogP contribution in [0.15, 0.2) is 78.9 Å². The number of carbonyl (C=O) groups excluding carboxylic acids is 1. The van der Waals surface area contributed by atoms with Gasteiger partial charge in [0.05, 0.1) is 24.6 Å². The summed E-state index contributed by atoms with van der Waals surface area (Å²) in [6, 6.07) is 22.9. The molecular weight excluding hydrogens is 435 g/mol. The van der Waals surface area contributed by atoms with E-state index >= 15 is 0 Å². The molecule has 0 fully saturated rings. The maximum atomic E-state index is 13.3. The number of unbranched alkanes of at least 4 members (excludes halogenated alkanes) is 1. The summed E-state index contributed by atoms with van der Waals surface area (Å²) in [6.45, 7) is 0.796. The van der Waals surface area contributed by atoms with Gasteiger partial charge in [-0.2, -0.15) is 4.98 Å². The largest absolute Gasteiger partial charge is 0.477 e. The number of aromatic nitrogens is 2. The molecule has 0 spiro atoms. The number of halogens is 1. The average Bonchev–Trinajstić information content (AvgIpc) is 2.88. The lowest BCUT2D eigenvalue weighted by molar-refractivity contribution is -0.154. The van der Waals surface area contributed by atoms with Crippen LogP contribution in [0.5, 0.6) is 5.88 Å². The predicted octanol–water partition coefficient (Wildman–Crippen LogP) is 5.53. The van der Waals surface area contributed by atoms with Gasteiger partial charge in [0, 0.05) is 12.2 Å². The first kappa shape index (κ1) is 23.3. The van der Waals surface area contributed by atoms with Crippen molar-refractivity contribution in [2.75, 3.05) is 20.3 Å². The Morgan fingerprint density at radius 2 is 1.59 bits per heavy atom. The quantitative estimate of drug-likeness (QED) is 0.229. The van der Waals surface area contributed by atoms with Gasteiger partial charge in [0.15, 0.2) is 11.9 Å². The highest BCUT2D eigenvalue weighted by Gasteiger charge is 2.21. The maximum absolute atomic E-state index is 13.3. The van der Waals surface area contributed by atoms with E-state index in [1.807, 2.05) is 54.6 Å². The molecule has 1 unspecified atom stereocenters. The molecule has 174 valence electrons. The third kappa shape index (κ3) is 5.74. The summed E-state index contributed by atoms with van der Waals surface area (Å²) in [5, 5.41) is 0.805. The lowest BCUT2D eigenvalue weighted by Gasteiger charge is -2.16. The van der Waals surface area contributed by atoms with Crippen LogP contribution in [0, 0.1) is 5.82 Å². The van der Waals surface area contributed by atoms with E-state index in [0.717, 1.165) is 16.5 Å². The van der Waals surface area contributed by atoms with Crippen LogP contribution in [-0.4, -0.2) is 36.3 Å². The van der Waals surface area contributed by atoms with Crippen molar-refractivity contribution < 1.29 is 23.4 Å².